The van der Waals surface area contributed by atoms with E-state index in [9.17, 15) is 18.3 Å². The van der Waals surface area contributed by atoms with Gasteiger partial charge in [-0.05, 0) is 19.3 Å². The Kier molecular flexibility index (Phi) is 4.27. The molecule has 0 bridgehead atoms. The fourth-order valence-corrected chi connectivity index (χ4v) is 4.66. The third-order valence-electron chi connectivity index (χ3n) is 4.07. The topological polar surface area (TPSA) is 83.5 Å². The largest absolute Gasteiger partial charge is 0.396 e. The third-order valence-corrected chi connectivity index (χ3v) is 5.84. The summed E-state index contributed by atoms with van der Waals surface area (Å²) >= 11 is 0. The van der Waals surface area contributed by atoms with E-state index >= 15 is 0 Å². The molecule has 2 N–H and O–H groups in total. The van der Waals surface area contributed by atoms with Gasteiger partial charge in [-0.25, -0.2) is 8.42 Å². The quantitative estimate of drug-likeness (QED) is 0.764. The number of aliphatic hydroxyl groups is 1. The van der Waals surface area contributed by atoms with Crippen LogP contribution >= 0.6 is 0 Å². The van der Waals surface area contributed by atoms with E-state index in [4.69, 9.17) is 0 Å². The van der Waals surface area contributed by atoms with Crippen LogP contribution in [0.5, 0.6) is 0 Å². The lowest BCUT2D eigenvalue weighted by Crippen LogP contribution is -2.45. The molecular formula is C12H21NO4S. The zero-order valence-corrected chi connectivity index (χ0v) is 11.3. The molecule has 0 aromatic heterocycles. The van der Waals surface area contributed by atoms with Crippen molar-refractivity contribution in [3.63, 3.8) is 0 Å². The van der Waals surface area contributed by atoms with E-state index in [0.29, 0.717) is 6.42 Å². The van der Waals surface area contributed by atoms with Crippen LogP contribution in [-0.2, 0) is 14.6 Å². The highest BCUT2D eigenvalue weighted by atomic mass is 32.2. The number of rotatable bonds is 3. The molecule has 2 aliphatic rings. The van der Waals surface area contributed by atoms with E-state index in [1.165, 1.54) is 0 Å². The first kappa shape index (κ1) is 13.8. The zero-order chi connectivity index (χ0) is 13.2. The number of nitrogens with one attached hydrogen (secondary N) is 1. The highest BCUT2D eigenvalue weighted by molar-refractivity contribution is 7.91. The Hall–Kier alpha value is -0.620. The van der Waals surface area contributed by atoms with E-state index in [2.05, 4.69) is 5.32 Å². The summed E-state index contributed by atoms with van der Waals surface area (Å²) < 4.78 is 22.7. The van der Waals surface area contributed by atoms with Crippen molar-refractivity contribution in [2.75, 3.05) is 18.1 Å². The normalized spacial score (nSPS) is 35.3. The smallest absolute Gasteiger partial charge is 0.224 e. The summed E-state index contributed by atoms with van der Waals surface area (Å²) in [4.78, 5) is 12.0. The van der Waals surface area contributed by atoms with Crippen LogP contribution in [0.25, 0.3) is 0 Å². The Morgan fingerprint density at radius 3 is 2.56 bits per heavy atom. The Labute approximate surface area is 108 Å². The molecule has 1 aliphatic carbocycles. The number of sulfone groups is 1. The predicted molar refractivity (Wildman–Crippen MR) is 67.7 cm³/mol. The van der Waals surface area contributed by atoms with Crippen molar-refractivity contribution >= 4 is 15.7 Å². The molecule has 0 spiro atoms. The molecule has 1 saturated heterocycles. The molecule has 1 saturated carbocycles. The van der Waals surface area contributed by atoms with Gasteiger partial charge in [0.1, 0.15) is 0 Å². The number of amides is 1. The molecule has 18 heavy (non-hydrogen) atoms. The van der Waals surface area contributed by atoms with Crippen LogP contribution in [-0.4, -0.2) is 43.6 Å². The first-order valence-corrected chi connectivity index (χ1v) is 8.45. The van der Waals surface area contributed by atoms with Gasteiger partial charge in [-0.3, -0.25) is 4.79 Å². The van der Waals surface area contributed by atoms with Gasteiger partial charge in [0.25, 0.3) is 0 Å². The van der Waals surface area contributed by atoms with E-state index in [1.54, 1.807) is 0 Å². The molecule has 2 fully saturated rings. The minimum atomic E-state index is -3.01. The van der Waals surface area contributed by atoms with Crippen molar-refractivity contribution in [3.05, 3.63) is 0 Å². The van der Waals surface area contributed by atoms with E-state index < -0.39 is 15.8 Å². The lowest BCUT2D eigenvalue weighted by atomic mass is 9.84. The second kappa shape index (κ2) is 5.57. The maximum absolute atomic E-state index is 12.0. The second-order valence-electron chi connectivity index (χ2n) is 5.44. The summed E-state index contributed by atoms with van der Waals surface area (Å²) in [5, 5.41) is 12.2. The van der Waals surface area contributed by atoms with Gasteiger partial charge in [0, 0.05) is 18.6 Å². The third kappa shape index (κ3) is 3.23. The summed E-state index contributed by atoms with van der Waals surface area (Å²) in [7, 11) is -3.01. The zero-order valence-electron chi connectivity index (χ0n) is 10.5. The number of aliphatic hydroxyl groups excluding tert-OH is 1. The van der Waals surface area contributed by atoms with Crippen LogP contribution in [0.1, 0.15) is 32.1 Å². The fraction of sp³-hybridized carbons (Fsp3) is 0.917. The van der Waals surface area contributed by atoms with Crippen molar-refractivity contribution in [1.29, 1.82) is 0 Å². The predicted octanol–water partition coefficient (Wildman–Crippen LogP) is 0.0884. The molecule has 1 heterocycles. The van der Waals surface area contributed by atoms with Crippen molar-refractivity contribution in [1.82, 2.24) is 5.32 Å². The van der Waals surface area contributed by atoms with Crippen molar-refractivity contribution in [2.45, 2.75) is 38.1 Å². The van der Waals surface area contributed by atoms with Crippen molar-refractivity contribution < 1.29 is 18.3 Å². The number of carbonyl (C=O) groups excluding carboxylic acids is 1. The highest BCUT2D eigenvalue weighted by Crippen LogP contribution is 2.25. The monoisotopic (exact) mass is 275 g/mol. The first-order chi connectivity index (χ1) is 8.52. The number of carbonyl (C=O) groups is 1. The highest BCUT2D eigenvalue weighted by Gasteiger charge is 2.35. The molecule has 104 valence electrons. The van der Waals surface area contributed by atoms with Crippen molar-refractivity contribution in [3.8, 4) is 0 Å². The maximum Gasteiger partial charge on any atom is 0.224 e. The van der Waals surface area contributed by atoms with Crippen LogP contribution in [0.3, 0.4) is 0 Å². The average Bonchev–Trinajstić information content (AvgIpc) is 2.70. The van der Waals surface area contributed by atoms with Crippen LogP contribution in [0.15, 0.2) is 0 Å². The van der Waals surface area contributed by atoms with Crippen molar-refractivity contribution in [2.24, 2.45) is 11.8 Å². The summed E-state index contributed by atoms with van der Waals surface area (Å²) in [6.07, 6.45) is 4.41. The first-order valence-electron chi connectivity index (χ1n) is 6.63. The second-order valence-corrected chi connectivity index (χ2v) is 7.67. The molecule has 3 atom stereocenters. The van der Waals surface area contributed by atoms with Crippen LogP contribution in [0.2, 0.25) is 0 Å². The molecule has 0 aromatic carbocycles. The SMILES string of the molecule is O=C(NC1CCCCC1CO)C1CCS(=O)(=O)C1. The average molecular weight is 275 g/mol. The summed E-state index contributed by atoms with van der Waals surface area (Å²) in [6, 6.07) is 0.0135. The molecule has 5 nitrogen and oxygen atoms in total. The Morgan fingerprint density at radius 1 is 1.22 bits per heavy atom. The van der Waals surface area contributed by atoms with Gasteiger partial charge in [0.15, 0.2) is 9.84 Å². The fourth-order valence-electron chi connectivity index (χ4n) is 2.92. The lowest BCUT2D eigenvalue weighted by molar-refractivity contribution is -0.125. The van der Waals surface area contributed by atoms with Gasteiger partial charge in [-0.1, -0.05) is 12.8 Å². The van der Waals surface area contributed by atoms with Crippen LogP contribution in [0, 0.1) is 11.8 Å². The summed E-state index contributed by atoms with van der Waals surface area (Å²) in [5.74, 6) is -0.312. The Morgan fingerprint density at radius 2 is 1.94 bits per heavy atom. The molecular weight excluding hydrogens is 254 g/mol. The summed E-state index contributed by atoms with van der Waals surface area (Å²) in [5.41, 5.74) is 0. The summed E-state index contributed by atoms with van der Waals surface area (Å²) in [6.45, 7) is 0.0912. The van der Waals surface area contributed by atoms with E-state index in [-0.39, 0.29) is 36.0 Å². The van der Waals surface area contributed by atoms with E-state index in [0.717, 1.165) is 25.7 Å². The molecule has 1 amide bonds. The van der Waals surface area contributed by atoms with Gasteiger partial charge < -0.3 is 10.4 Å². The molecule has 6 heteroatoms. The minimum absolute atomic E-state index is 0.0135. The molecule has 3 unspecified atom stereocenters. The minimum Gasteiger partial charge on any atom is -0.396 e. The van der Waals surface area contributed by atoms with Gasteiger partial charge in [0.05, 0.1) is 17.4 Å². The standard InChI is InChI=1S/C12H21NO4S/c14-7-9-3-1-2-4-11(9)13-12(15)10-5-6-18(16,17)8-10/h9-11,14H,1-8H2,(H,13,15). The van der Waals surface area contributed by atoms with Crippen LogP contribution in [0.4, 0.5) is 0 Å². The molecule has 1 aliphatic heterocycles. The molecule has 0 radical (unpaired) electrons. The number of hydrogen-bond acceptors (Lipinski definition) is 4. The number of hydrogen-bond donors (Lipinski definition) is 2. The van der Waals surface area contributed by atoms with Gasteiger partial charge in [0.2, 0.25) is 5.91 Å². The lowest BCUT2D eigenvalue weighted by Gasteiger charge is -2.31. The maximum atomic E-state index is 12.0. The van der Waals surface area contributed by atoms with Gasteiger partial charge in [-0.15, -0.1) is 0 Å². The Bertz CT molecular complexity index is 406. The molecule has 2 rings (SSSR count). The van der Waals surface area contributed by atoms with Gasteiger partial charge >= 0.3 is 0 Å². The van der Waals surface area contributed by atoms with Crippen LogP contribution < -0.4 is 5.32 Å². The van der Waals surface area contributed by atoms with E-state index in [1.807, 2.05) is 0 Å². The van der Waals surface area contributed by atoms with Gasteiger partial charge in [-0.2, -0.15) is 0 Å². The Balaban J connectivity index is 1.90. The molecule has 0 aromatic rings.